The Morgan fingerprint density at radius 2 is 1.82 bits per heavy atom. The smallest absolute Gasteiger partial charge is 0.416 e. The molecule has 4 rings (SSSR count). The van der Waals surface area contributed by atoms with Crippen LogP contribution >= 0.6 is 0 Å². The lowest BCUT2D eigenvalue weighted by molar-refractivity contribution is -0.154. The van der Waals surface area contributed by atoms with Gasteiger partial charge in [-0.05, 0) is 70.0 Å². The topological polar surface area (TPSA) is 93.2 Å². The molecule has 0 aromatic heterocycles. The van der Waals surface area contributed by atoms with Crippen molar-refractivity contribution in [2.24, 2.45) is 0 Å². The highest BCUT2D eigenvalue weighted by molar-refractivity contribution is 7.92. The summed E-state index contributed by atoms with van der Waals surface area (Å²) < 4.78 is 79.9. The first-order valence-corrected chi connectivity index (χ1v) is 14.0. The second-order valence-electron chi connectivity index (χ2n) is 10.8. The maximum absolute atomic E-state index is 13.8. The molecule has 8 nitrogen and oxygen atoms in total. The summed E-state index contributed by atoms with van der Waals surface area (Å²) in [4.78, 5) is 26.3. The monoisotopic (exact) mass is 568 g/mol. The molecule has 1 saturated heterocycles. The minimum Gasteiger partial charge on any atom is -0.486 e. The zero-order chi connectivity index (χ0) is 28.8. The largest absolute Gasteiger partial charge is 0.486 e. The number of ether oxygens (including phenoxy) is 2. The van der Waals surface area contributed by atoms with E-state index in [1.165, 1.54) is 12.1 Å². The minimum absolute atomic E-state index is 0.0643. The fourth-order valence-corrected chi connectivity index (χ4v) is 6.05. The third kappa shape index (κ3) is 6.48. The number of carbonyl (C=O) groups is 2. The first-order chi connectivity index (χ1) is 18.0. The van der Waals surface area contributed by atoms with Gasteiger partial charge in [0.1, 0.15) is 17.5 Å². The standard InChI is InChI=1S/C27H31F3N2O6S/c1-17-10-11-31(17)24(33)15-20-16-32(39(35,36)21-7-5-6-19(14-21)27(28,29)30)22-12-18(8-9-23(22)37-20)13-25(34)38-26(2,3)4/h5-9,12,14,17,20H,10-11,13,15-16H2,1-4H3/t17?,20-/m0/s1. The Hall–Kier alpha value is -3.28. The van der Waals surface area contributed by atoms with Crippen LogP contribution in [-0.4, -0.2) is 56.0 Å². The Labute approximate surface area is 225 Å². The van der Waals surface area contributed by atoms with E-state index < -0.39 is 44.3 Å². The van der Waals surface area contributed by atoms with Crippen LogP contribution in [0, 0.1) is 0 Å². The van der Waals surface area contributed by atoms with E-state index in [2.05, 4.69) is 0 Å². The van der Waals surface area contributed by atoms with Gasteiger partial charge in [-0.3, -0.25) is 13.9 Å². The van der Waals surface area contributed by atoms with Crippen molar-refractivity contribution in [2.75, 3.05) is 17.4 Å². The number of benzene rings is 2. The van der Waals surface area contributed by atoms with Gasteiger partial charge in [0.05, 0.1) is 35.5 Å². The number of anilines is 1. The van der Waals surface area contributed by atoms with E-state index in [9.17, 15) is 31.2 Å². The van der Waals surface area contributed by atoms with Crippen LogP contribution in [0.2, 0.25) is 0 Å². The number of hydrogen-bond acceptors (Lipinski definition) is 6. The number of fused-ring (bicyclic) bond motifs is 1. The molecule has 2 atom stereocenters. The van der Waals surface area contributed by atoms with Gasteiger partial charge in [0, 0.05) is 12.6 Å². The number of likely N-dealkylation sites (tertiary alicyclic amines) is 1. The van der Waals surface area contributed by atoms with Gasteiger partial charge < -0.3 is 14.4 Å². The number of amides is 1. The summed E-state index contributed by atoms with van der Waals surface area (Å²) in [5.74, 6) is -0.585. The Kier molecular flexibility index (Phi) is 7.63. The molecule has 0 bridgehead atoms. The predicted molar refractivity (Wildman–Crippen MR) is 137 cm³/mol. The molecule has 12 heteroatoms. The molecule has 1 amide bonds. The summed E-state index contributed by atoms with van der Waals surface area (Å²) in [7, 11) is -4.51. The van der Waals surface area contributed by atoms with Crippen LogP contribution in [-0.2, 0) is 36.9 Å². The van der Waals surface area contributed by atoms with Crippen LogP contribution in [0.15, 0.2) is 47.4 Å². The molecule has 2 aliphatic heterocycles. The SMILES string of the molecule is CC1CCN1C(=O)C[C@H]1CN(S(=O)(=O)c2cccc(C(F)(F)F)c2)c2cc(CC(=O)OC(C)(C)C)ccc2O1. The van der Waals surface area contributed by atoms with Gasteiger partial charge in [0.15, 0.2) is 0 Å². The van der Waals surface area contributed by atoms with E-state index in [1.54, 1.807) is 31.7 Å². The highest BCUT2D eigenvalue weighted by Gasteiger charge is 2.39. The third-order valence-corrected chi connectivity index (χ3v) is 8.29. The fourth-order valence-electron chi connectivity index (χ4n) is 4.50. The molecule has 0 saturated carbocycles. The van der Waals surface area contributed by atoms with Crippen molar-refractivity contribution in [3.8, 4) is 5.75 Å². The van der Waals surface area contributed by atoms with E-state index in [4.69, 9.17) is 9.47 Å². The number of rotatable bonds is 6. The summed E-state index contributed by atoms with van der Waals surface area (Å²) in [5.41, 5.74) is -1.33. The van der Waals surface area contributed by atoms with Gasteiger partial charge in [-0.15, -0.1) is 0 Å². The Morgan fingerprint density at radius 1 is 1.10 bits per heavy atom. The molecular formula is C27H31F3N2O6S. The lowest BCUT2D eigenvalue weighted by Crippen LogP contribution is -2.52. The van der Waals surface area contributed by atoms with E-state index in [0.29, 0.717) is 18.2 Å². The lowest BCUT2D eigenvalue weighted by Gasteiger charge is -2.41. The van der Waals surface area contributed by atoms with Crippen LogP contribution in [0.4, 0.5) is 18.9 Å². The van der Waals surface area contributed by atoms with Crippen LogP contribution in [0.1, 0.15) is 51.7 Å². The number of alkyl halides is 3. The number of sulfonamides is 1. The van der Waals surface area contributed by atoms with Crippen molar-refractivity contribution in [1.82, 2.24) is 4.90 Å². The molecule has 0 N–H and O–H groups in total. The second-order valence-corrected chi connectivity index (χ2v) is 12.7. The van der Waals surface area contributed by atoms with Gasteiger partial charge in [0.25, 0.3) is 10.0 Å². The normalized spacial score (nSPS) is 19.6. The van der Waals surface area contributed by atoms with Gasteiger partial charge >= 0.3 is 12.1 Å². The van der Waals surface area contributed by atoms with Gasteiger partial charge in [-0.25, -0.2) is 8.42 Å². The molecular weight excluding hydrogens is 537 g/mol. The highest BCUT2D eigenvalue weighted by Crippen LogP contribution is 2.40. The van der Waals surface area contributed by atoms with E-state index in [0.717, 1.165) is 28.9 Å². The molecule has 0 aliphatic carbocycles. The van der Waals surface area contributed by atoms with E-state index >= 15 is 0 Å². The molecule has 2 aromatic rings. The van der Waals surface area contributed by atoms with Crippen LogP contribution in [0.25, 0.3) is 0 Å². The van der Waals surface area contributed by atoms with Crippen molar-refractivity contribution in [1.29, 1.82) is 0 Å². The molecule has 0 spiro atoms. The molecule has 1 unspecified atom stereocenters. The Morgan fingerprint density at radius 3 is 2.41 bits per heavy atom. The van der Waals surface area contributed by atoms with E-state index in [-0.39, 0.29) is 42.8 Å². The van der Waals surface area contributed by atoms with Crippen molar-refractivity contribution >= 4 is 27.6 Å². The van der Waals surface area contributed by atoms with E-state index in [1.807, 2.05) is 6.92 Å². The second kappa shape index (κ2) is 10.4. The predicted octanol–water partition coefficient (Wildman–Crippen LogP) is 4.56. The maximum atomic E-state index is 13.8. The van der Waals surface area contributed by atoms with Crippen LogP contribution < -0.4 is 9.04 Å². The number of esters is 1. The minimum atomic E-state index is -4.74. The quantitative estimate of drug-likeness (QED) is 0.475. The molecule has 39 heavy (non-hydrogen) atoms. The van der Waals surface area contributed by atoms with Gasteiger partial charge in [-0.1, -0.05) is 12.1 Å². The first kappa shape index (κ1) is 28.7. The average Bonchev–Trinajstić information content (AvgIpc) is 2.81. The summed E-state index contributed by atoms with van der Waals surface area (Å²) in [5, 5.41) is 0. The molecule has 2 heterocycles. The average molecular weight is 569 g/mol. The molecule has 212 valence electrons. The van der Waals surface area contributed by atoms with Gasteiger partial charge in [-0.2, -0.15) is 13.2 Å². The number of carbonyl (C=O) groups excluding carboxylic acids is 2. The summed E-state index contributed by atoms with van der Waals surface area (Å²) in [6, 6.07) is 8.09. The Bertz CT molecular complexity index is 1370. The maximum Gasteiger partial charge on any atom is 0.416 e. The number of hydrogen-bond donors (Lipinski definition) is 0. The first-order valence-electron chi connectivity index (χ1n) is 12.6. The van der Waals surface area contributed by atoms with Crippen molar-refractivity contribution in [3.63, 3.8) is 0 Å². The zero-order valence-electron chi connectivity index (χ0n) is 22.1. The summed E-state index contributed by atoms with van der Waals surface area (Å²) in [6.45, 7) is 7.38. The zero-order valence-corrected chi connectivity index (χ0v) is 22.9. The number of nitrogens with zero attached hydrogens (tertiary/aromatic N) is 2. The van der Waals surface area contributed by atoms with Crippen molar-refractivity contribution in [3.05, 3.63) is 53.6 Å². The fraction of sp³-hybridized carbons (Fsp3) is 0.481. The molecule has 0 radical (unpaired) electrons. The van der Waals surface area contributed by atoms with Crippen molar-refractivity contribution < 1.29 is 40.7 Å². The summed E-state index contributed by atoms with van der Waals surface area (Å²) >= 11 is 0. The van der Waals surface area contributed by atoms with Crippen LogP contribution in [0.5, 0.6) is 5.75 Å². The number of halogens is 3. The highest BCUT2D eigenvalue weighted by atomic mass is 32.2. The van der Waals surface area contributed by atoms with Gasteiger partial charge in [0.2, 0.25) is 5.91 Å². The van der Waals surface area contributed by atoms with Crippen LogP contribution in [0.3, 0.4) is 0 Å². The lowest BCUT2D eigenvalue weighted by atomic mass is 10.0. The summed E-state index contributed by atoms with van der Waals surface area (Å²) in [6.07, 6.45) is -4.99. The molecule has 2 aromatic carbocycles. The molecule has 2 aliphatic rings. The Balaban J connectivity index is 1.70. The third-order valence-electron chi connectivity index (χ3n) is 6.52. The molecule has 1 fully saturated rings. The van der Waals surface area contributed by atoms with Crippen molar-refractivity contribution in [2.45, 2.75) is 75.8 Å².